The van der Waals surface area contributed by atoms with Crippen LogP contribution in [0.1, 0.15) is 156 Å². The Morgan fingerprint density at radius 3 is 1.23 bits per heavy atom. The highest BCUT2D eigenvalue weighted by molar-refractivity contribution is 6.30. The second kappa shape index (κ2) is 20.8. The van der Waals surface area contributed by atoms with Gasteiger partial charge in [0, 0.05) is 44.4 Å². The number of amides is 2. The van der Waals surface area contributed by atoms with Crippen LogP contribution in [0, 0.1) is 45.1 Å². The van der Waals surface area contributed by atoms with E-state index in [4.69, 9.17) is 32.7 Å². The summed E-state index contributed by atoms with van der Waals surface area (Å²) in [6.07, 6.45) is 5.81. The molecule has 4 heterocycles. The smallest absolute Gasteiger partial charge is 0.257 e. The van der Waals surface area contributed by atoms with Crippen molar-refractivity contribution in [3.05, 3.63) is 198 Å². The van der Waals surface area contributed by atoms with E-state index in [2.05, 4.69) is 9.97 Å². The molecule has 0 unspecified atom stereocenters. The zero-order chi connectivity index (χ0) is 56.3. The summed E-state index contributed by atoms with van der Waals surface area (Å²) in [5.74, 6) is -2.41. The van der Waals surface area contributed by atoms with Gasteiger partial charge in [-0.3, -0.25) is 29.4 Å². The molecule has 2 saturated carbocycles. The number of nitriles is 2. The fourth-order valence-corrected chi connectivity index (χ4v) is 10.5. The van der Waals surface area contributed by atoms with Gasteiger partial charge in [-0.25, -0.2) is 8.78 Å². The molecule has 0 radical (unpaired) electrons. The summed E-state index contributed by atoms with van der Waals surface area (Å²) in [5.41, 5.74) is -3.89. The van der Waals surface area contributed by atoms with Gasteiger partial charge in [-0.1, -0.05) is 47.5 Å². The molecular formula is C60H58Cl2F2N6O8. The van der Waals surface area contributed by atoms with Crippen molar-refractivity contribution in [2.75, 3.05) is 26.4 Å². The molecule has 404 valence electrons. The summed E-state index contributed by atoms with van der Waals surface area (Å²) in [6.45, 7) is 9.58. The zero-order valence-electron chi connectivity index (χ0n) is 43.8. The summed E-state index contributed by atoms with van der Waals surface area (Å²) >= 11 is 12.4. The number of hydrogen-bond donors (Lipinski definition) is 4. The number of carbonyl (C=O) groups excluding carboxylic acids is 2. The molecule has 4 aliphatic rings. The zero-order valence-corrected chi connectivity index (χ0v) is 45.3. The van der Waals surface area contributed by atoms with Crippen LogP contribution in [0.15, 0.2) is 109 Å². The van der Waals surface area contributed by atoms with Gasteiger partial charge in [-0.15, -0.1) is 0 Å². The Hall–Kier alpha value is -6.70. The van der Waals surface area contributed by atoms with E-state index >= 15 is 8.78 Å². The molecule has 2 aromatic heterocycles. The first-order valence-corrected chi connectivity index (χ1v) is 26.2. The van der Waals surface area contributed by atoms with Crippen molar-refractivity contribution in [2.45, 2.75) is 102 Å². The highest BCUT2D eigenvalue weighted by Gasteiger charge is 2.60. The average molecular weight is 1100 g/mol. The van der Waals surface area contributed by atoms with Crippen molar-refractivity contribution in [1.29, 1.82) is 10.5 Å². The molecule has 4 atom stereocenters. The van der Waals surface area contributed by atoms with Crippen LogP contribution >= 0.6 is 23.2 Å². The summed E-state index contributed by atoms with van der Waals surface area (Å²) < 4.78 is 45.9. The van der Waals surface area contributed by atoms with Crippen molar-refractivity contribution < 1.29 is 48.3 Å². The quantitative estimate of drug-likeness (QED) is 0.0713. The first kappa shape index (κ1) is 56.0. The molecule has 0 bridgehead atoms. The predicted molar refractivity (Wildman–Crippen MR) is 284 cm³/mol. The number of pyridine rings is 2. The van der Waals surface area contributed by atoms with Gasteiger partial charge >= 0.3 is 0 Å². The molecular weight excluding hydrogens is 1040 g/mol. The van der Waals surface area contributed by atoms with Crippen molar-refractivity contribution in [2.24, 2.45) is 10.8 Å². The maximum atomic E-state index is 16.3. The van der Waals surface area contributed by atoms with Crippen molar-refractivity contribution >= 4 is 35.0 Å². The number of fused-ring (bicyclic) bond motifs is 2. The molecule has 2 fully saturated rings. The van der Waals surface area contributed by atoms with Crippen LogP contribution in [-0.4, -0.2) is 78.4 Å². The number of benzene rings is 4. The number of hydrogen-bond acceptors (Lipinski definition) is 12. The minimum absolute atomic E-state index is 0.0251. The lowest BCUT2D eigenvalue weighted by molar-refractivity contribution is -0.139. The SMILES string of the molecule is C[C@@H](c1ccc(C#N)cn1)N1C(=O)c2cc(C(C)(C)O)cc(F)c2[C@]1(OCC1(CO)CC1)c1ccc(Cl)cc1.C[C@H](c1ccc(C#N)cn1)N1C(=O)c2cc(C(C)(C)O)cc(F)c2[C@]1(OCC1(CO)CC1)c1ccc(Cl)cc1. The number of rotatable bonds is 16. The maximum Gasteiger partial charge on any atom is 0.257 e. The van der Waals surface area contributed by atoms with Crippen LogP contribution in [0.4, 0.5) is 8.78 Å². The molecule has 18 heteroatoms. The molecule has 10 rings (SSSR count). The van der Waals surface area contributed by atoms with E-state index in [1.54, 1.807) is 86.6 Å². The van der Waals surface area contributed by atoms with Gasteiger partial charge in [0.15, 0.2) is 0 Å². The van der Waals surface area contributed by atoms with Crippen LogP contribution < -0.4 is 0 Å². The lowest BCUT2D eigenvalue weighted by atomic mass is 9.88. The Morgan fingerprint density at radius 1 is 0.615 bits per heavy atom. The highest BCUT2D eigenvalue weighted by atomic mass is 35.5. The molecule has 6 aromatic rings. The number of nitrogens with zero attached hydrogens (tertiary/aromatic N) is 6. The first-order valence-electron chi connectivity index (χ1n) is 25.5. The standard InChI is InChI=1S/2C30H29ClFN3O4/c2*1-18(25-9-4-19(14-33)15-34-25)35-27(37)23-12-21(28(2,3)38)13-24(32)26(23)30(35,20-5-7-22(31)8-6-20)39-17-29(16-36)10-11-29/h2*4-9,12-13,15,18,36,38H,10-11,16-17H2,1-3H3/t18-,30+;18-,30-/m01/s1. The molecule has 4 aromatic carbocycles. The monoisotopic (exact) mass is 1100 g/mol. The highest BCUT2D eigenvalue weighted by Crippen LogP contribution is 2.56. The largest absolute Gasteiger partial charge is 0.396 e. The number of aliphatic hydroxyl groups is 4. The second-order valence-electron chi connectivity index (χ2n) is 21.9. The van der Waals surface area contributed by atoms with Gasteiger partial charge in [0.25, 0.3) is 11.8 Å². The van der Waals surface area contributed by atoms with Gasteiger partial charge in [0.1, 0.15) is 23.8 Å². The number of carbonyl (C=O) groups is 2. The fourth-order valence-electron chi connectivity index (χ4n) is 10.3. The van der Waals surface area contributed by atoms with E-state index in [1.807, 2.05) is 12.1 Å². The number of ether oxygens (including phenoxy) is 2. The van der Waals surface area contributed by atoms with E-state index < -0.39 is 69.0 Å². The fraction of sp³-hybridized carbons (Fsp3) is 0.367. The third-order valence-electron chi connectivity index (χ3n) is 15.5. The van der Waals surface area contributed by atoms with Crippen LogP contribution in [0.3, 0.4) is 0 Å². The first-order chi connectivity index (χ1) is 36.9. The minimum atomic E-state index is -1.72. The molecule has 14 nitrogen and oxygen atoms in total. The van der Waals surface area contributed by atoms with Gasteiger partial charge < -0.3 is 29.9 Å². The number of aliphatic hydroxyl groups excluding tert-OH is 2. The Balaban J connectivity index is 0.000000190. The summed E-state index contributed by atoms with van der Waals surface area (Å²) in [6, 6.07) is 28.0. The second-order valence-corrected chi connectivity index (χ2v) is 22.8. The van der Waals surface area contributed by atoms with Crippen LogP contribution in [-0.2, 0) is 32.1 Å². The molecule has 0 spiro atoms. The molecule has 2 amide bonds. The molecule has 0 saturated heterocycles. The minimum Gasteiger partial charge on any atom is -0.396 e. The van der Waals surface area contributed by atoms with E-state index in [1.165, 1.54) is 74.2 Å². The Labute approximate surface area is 461 Å². The van der Waals surface area contributed by atoms with Crippen molar-refractivity contribution in [3.8, 4) is 12.1 Å². The van der Waals surface area contributed by atoms with E-state index in [-0.39, 0.29) is 59.8 Å². The normalized spacial score (nSPS) is 20.5. The lowest BCUT2D eigenvalue weighted by Crippen LogP contribution is -2.49. The third-order valence-corrected chi connectivity index (χ3v) is 16.0. The molecule has 4 N–H and O–H groups in total. The molecule has 2 aliphatic carbocycles. The lowest BCUT2D eigenvalue weighted by Gasteiger charge is -2.43. The van der Waals surface area contributed by atoms with Crippen LogP contribution in [0.25, 0.3) is 0 Å². The average Bonchev–Trinajstić information content (AvgIpc) is 4.54. The van der Waals surface area contributed by atoms with E-state index in [0.717, 1.165) is 25.7 Å². The van der Waals surface area contributed by atoms with Gasteiger partial charge in [0.05, 0.1) is 94.5 Å². The Kier molecular flexibility index (Phi) is 15.0. The topological polar surface area (TPSA) is 213 Å². The maximum absolute atomic E-state index is 16.3. The van der Waals surface area contributed by atoms with Gasteiger partial charge in [-0.2, -0.15) is 10.5 Å². The summed E-state index contributed by atoms with van der Waals surface area (Å²) in [7, 11) is 0. The number of halogens is 4. The summed E-state index contributed by atoms with van der Waals surface area (Å²) in [4.78, 5) is 40.3. The Bertz CT molecular complexity index is 3140. The molecule has 2 aliphatic heterocycles. The van der Waals surface area contributed by atoms with E-state index in [0.29, 0.717) is 43.7 Å². The van der Waals surface area contributed by atoms with Gasteiger partial charge in [0.2, 0.25) is 11.4 Å². The molecule has 78 heavy (non-hydrogen) atoms. The van der Waals surface area contributed by atoms with E-state index in [9.17, 15) is 40.5 Å². The van der Waals surface area contributed by atoms with Gasteiger partial charge in [-0.05, 0) is 151 Å². The number of aromatic nitrogens is 2. The van der Waals surface area contributed by atoms with Crippen LogP contribution in [0.2, 0.25) is 10.0 Å². The van der Waals surface area contributed by atoms with Crippen LogP contribution in [0.5, 0.6) is 0 Å². The predicted octanol–water partition coefficient (Wildman–Crippen LogP) is 10.4. The summed E-state index contributed by atoms with van der Waals surface area (Å²) in [5, 5.41) is 60.8. The third kappa shape index (κ3) is 10.1. The Morgan fingerprint density at radius 2 is 0.962 bits per heavy atom. The van der Waals surface area contributed by atoms with Crippen molar-refractivity contribution in [1.82, 2.24) is 19.8 Å². The van der Waals surface area contributed by atoms with Crippen molar-refractivity contribution in [3.63, 3.8) is 0 Å².